The Hall–Kier alpha value is -1.96. The van der Waals surface area contributed by atoms with Gasteiger partial charge in [-0.15, -0.1) is 5.10 Å². The molecular formula is C16H23N5O3. The van der Waals surface area contributed by atoms with Crippen LogP contribution in [0.3, 0.4) is 0 Å². The number of amides is 2. The fourth-order valence-corrected chi connectivity index (χ4v) is 3.99. The van der Waals surface area contributed by atoms with Crippen molar-refractivity contribution in [1.29, 1.82) is 0 Å². The lowest BCUT2D eigenvalue weighted by atomic mass is 9.91. The highest BCUT2D eigenvalue weighted by atomic mass is 16.5. The Morgan fingerprint density at radius 3 is 2.71 bits per heavy atom. The Balaban J connectivity index is 1.38. The number of fused-ring (bicyclic) bond motifs is 1. The molecule has 3 fully saturated rings. The summed E-state index contributed by atoms with van der Waals surface area (Å²) in [5, 5.41) is 4.08. The van der Waals surface area contributed by atoms with Crippen molar-refractivity contribution in [2.24, 2.45) is 13.0 Å². The van der Waals surface area contributed by atoms with Crippen molar-refractivity contribution in [3.8, 4) is 0 Å². The quantitative estimate of drug-likeness (QED) is 0.764. The molecule has 24 heavy (non-hydrogen) atoms. The molecule has 1 aromatic rings. The van der Waals surface area contributed by atoms with Crippen LogP contribution in [0.4, 0.5) is 0 Å². The molecule has 2 amide bonds. The van der Waals surface area contributed by atoms with E-state index in [1.165, 1.54) is 11.0 Å². The zero-order valence-electron chi connectivity index (χ0n) is 13.9. The van der Waals surface area contributed by atoms with Crippen LogP contribution in [0.5, 0.6) is 0 Å². The lowest BCUT2D eigenvalue weighted by Crippen LogP contribution is -2.46. The second-order valence-electron chi connectivity index (χ2n) is 6.97. The molecule has 0 bridgehead atoms. The van der Waals surface area contributed by atoms with Gasteiger partial charge in [0, 0.05) is 33.2 Å². The molecule has 3 aliphatic rings. The predicted molar refractivity (Wildman–Crippen MR) is 84.1 cm³/mol. The van der Waals surface area contributed by atoms with E-state index in [4.69, 9.17) is 4.74 Å². The van der Waals surface area contributed by atoms with Gasteiger partial charge < -0.3 is 14.5 Å². The molecule has 4 rings (SSSR count). The van der Waals surface area contributed by atoms with Crippen molar-refractivity contribution in [3.63, 3.8) is 0 Å². The summed E-state index contributed by atoms with van der Waals surface area (Å²) in [6, 6.07) is 0. The molecule has 0 N–H and O–H groups in total. The third kappa shape index (κ3) is 2.79. The summed E-state index contributed by atoms with van der Waals surface area (Å²) in [6.45, 7) is 2.89. The zero-order chi connectivity index (χ0) is 16.7. The van der Waals surface area contributed by atoms with Gasteiger partial charge in [0.05, 0.1) is 6.10 Å². The average molecular weight is 333 g/mol. The molecule has 0 spiro atoms. The highest BCUT2D eigenvalue weighted by Gasteiger charge is 2.44. The molecule has 0 saturated carbocycles. The predicted octanol–water partition coefficient (Wildman–Crippen LogP) is 0.0571. The number of piperidine rings is 1. The van der Waals surface area contributed by atoms with Crippen LogP contribution in [0.15, 0.2) is 6.33 Å². The molecule has 0 aliphatic carbocycles. The monoisotopic (exact) mass is 333 g/mol. The van der Waals surface area contributed by atoms with Crippen LogP contribution in [-0.2, 0) is 16.6 Å². The van der Waals surface area contributed by atoms with Gasteiger partial charge in [0.15, 0.2) is 0 Å². The Bertz CT molecular complexity index is 639. The normalized spacial score (nSPS) is 29.8. The van der Waals surface area contributed by atoms with E-state index >= 15 is 0 Å². The molecule has 3 atom stereocenters. The van der Waals surface area contributed by atoms with Crippen LogP contribution in [0.1, 0.15) is 36.3 Å². The van der Waals surface area contributed by atoms with Gasteiger partial charge in [-0.2, -0.15) is 0 Å². The lowest BCUT2D eigenvalue weighted by Gasteiger charge is -2.33. The maximum atomic E-state index is 12.5. The third-order valence-electron chi connectivity index (χ3n) is 5.32. The van der Waals surface area contributed by atoms with Crippen LogP contribution >= 0.6 is 0 Å². The van der Waals surface area contributed by atoms with Crippen LogP contribution in [0.25, 0.3) is 0 Å². The third-order valence-corrected chi connectivity index (χ3v) is 5.32. The Morgan fingerprint density at radius 2 is 2.00 bits per heavy atom. The second-order valence-corrected chi connectivity index (χ2v) is 6.97. The molecule has 3 aliphatic heterocycles. The molecule has 8 heteroatoms. The first-order chi connectivity index (χ1) is 11.6. The van der Waals surface area contributed by atoms with Gasteiger partial charge >= 0.3 is 0 Å². The van der Waals surface area contributed by atoms with Gasteiger partial charge in [0.2, 0.25) is 5.82 Å². The van der Waals surface area contributed by atoms with Gasteiger partial charge in [-0.25, -0.2) is 4.98 Å². The summed E-state index contributed by atoms with van der Waals surface area (Å²) < 4.78 is 7.55. The van der Waals surface area contributed by atoms with Crippen molar-refractivity contribution in [1.82, 2.24) is 24.6 Å². The molecule has 3 saturated heterocycles. The minimum Gasteiger partial charge on any atom is -0.363 e. The first-order valence-corrected chi connectivity index (χ1v) is 8.71. The summed E-state index contributed by atoms with van der Waals surface area (Å²) in [7, 11) is 1.74. The maximum Gasteiger partial charge on any atom is 0.293 e. The smallest absolute Gasteiger partial charge is 0.293 e. The molecule has 8 nitrogen and oxygen atoms in total. The van der Waals surface area contributed by atoms with E-state index in [-0.39, 0.29) is 29.8 Å². The number of hydrogen-bond donors (Lipinski definition) is 0. The number of carbonyl (C=O) groups excluding carboxylic acids is 2. The highest BCUT2D eigenvalue weighted by molar-refractivity contribution is 5.90. The summed E-state index contributed by atoms with van der Waals surface area (Å²) in [6.07, 6.45) is 4.97. The molecule has 4 heterocycles. The number of nitrogens with zero attached hydrogens (tertiary/aromatic N) is 5. The van der Waals surface area contributed by atoms with Gasteiger partial charge in [-0.3, -0.25) is 14.3 Å². The van der Waals surface area contributed by atoms with Crippen LogP contribution in [0.2, 0.25) is 0 Å². The number of carbonyl (C=O) groups is 2. The lowest BCUT2D eigenvalue weighted by molar-refractivity contribution is -0.142. The van der Waals surface area contributed by atoms with Crippen molar-refractivity contribution >= 4 is 11.8 Å². The summed E-state index contributed by atoms with van der Waals surface area (Å²) in [4.78, 5) is 32.7. The van der Waals surface area contributed by atoms with E-state index in [1.807, 2.05) is 4.90 Å². The van der Waals surface area contributed by atoms with Crippen LogP contribution < -0.4 is 0 Å². The van der Waals surface area contributed by atoms with Crippen molar-refractivity contribution in [2.75, 3.05) is 26.2 Å². The van der Waals surface area contributed by atoms with E-state index in [0.29, 0.717) is 19.0 Å². The second kappa shape index (κ2) is 6.16. The van der Waals surface area contributed by atoms with Crippen LogP contribution in [0, 0.1) is 5.92 Å². The summed E-state index contributed by atoms with van der Waals surface area (Å²) in [5.74, 6) is 0.555. The number of ether oxygens (including phenoxy) is 1. The standard InChI is InChI=1S/C16H23N5O3/c1-19-10-17-14(18-19)16(23)21-7-4-11-8-12(24-13(11)9-21)15(22)20-5-2-3-6-20/h10-13H,2-9H2,1H3/t11-,12+,13+/m0/s1. The Kier molecular flexibility index (Phi) is 3.99. The summed E-state index contributed by atoms with van der Waals surface area (Å²) in [5.41, 5.74) is 0. The van der Waals surface area contributed by atoms with Gasteiger partial charge in [0.25, 0.3) is 11.8 Å². The fourth-order valence-electron chi connectivity index (χ4n) is 3.99. The van der Waals surface area contributed by atoms with Crippen LogP contribution in [-0.4, -0.2) is 74.8 Å². The number of hydrogen-bond acceptors (Lipinski definition) is 5. The maximum absolute atomic E-state index is 12.5. The number of likely N-dealkylation sites (tertiary alicyclic amines) is 2. The molecule has 0 radical (unpaired) electrons. The number of rotatable bonds is 2. The van der Waals surface area contributed by atoms with Crippen molar-refractivity contribution in [2.45, 2.75) is 37.9 Å². The molecule has 1 aromatic heterocycles. The van der Waals surface area contributed by atoms with Gasteiger partial charge in [0.1, 0.15) is 12.4 Å². The Morgan fingerprint density at radius 1 is 1.21 bits per heavy atom. The minimum absolute atomic E-state index is 0.0528. The Labute approximate surface area is 140 Å². The van der Waals surface area contributed by atoms with Crippen molar-refractivity contribution in [3.05, 3.63) is 12.2 Å². The minimum atomic E-state index is -0.332. The topological polar surface area (TPSA) is 80.6 Å². The zero-order valence-corrected chi connectivity index (χ0v) is 13.9. The molecule has 130 valence electrons. The van der Waals surface area contributed by atoms with E-state index in [0.717, 1.165) is 38.8 Å². The SMILES string of the molecule is Cn1cnc(C(=O)N2CC[C@H]3C[C@H](C(=O)N4CCCC4)O[C@@H]3C2)n1. The van der Waals surface area contributed by atoms with E-state index in [1.54, 1.807) is 11.9 Å². The molecule has 0 aromatic carbocycles. The van der Waals surface area contributed by atoms with Gasteiger partial charge in [-0.1, -0.05) is 0 Å². The van der Waals surface area contributed by atoms with Gasteiger partial charge in [-0.05, 0) is 31.6 Å². The van der Waals surface area contributed by atoms with E-state index in [2.05, 4.69) is 10.1 Å². The van der Waals surface area contributed by atoms with Crippen molar-refractivity contribution < 1.29 is 14.3 Å². The first kappa shape index (κ1) is 15.6. The molecule has 0 unspecified atom stereocenters. The number of aromatic nitrogens is 3. The van der Waals surface area contributed by atoms with E-state index < -0.39 is 0 Å². The summed E-state index contributed by atoms with van der Waals surface area (Å²) >= 11 is 0. The average Bonchev–Trinajstić information content (AvgIpc) is 3.32. The largest absolute Gasteiger partial charge is 0.363 e. The fraction of sp³-hybridized carbons (Fsp3) is 0.750. The van der Waals surface area contributed by atoms with E-state index in [9.17, 15) is 9.59 Å². The number of aryl methyl sites for hydroxylation is 1. The molecular weight excluding hydrogens is 310 g/mol. The first-order valence-electron chi connectivity index (χ1n) is 8.71. The highest BCUT2D eigenvalue weighted by Crippen LogP contribution is 2.34.